The van der Waals surface area contributed by atoms with Crippen LogP contribution < -0.4 is 15.5 Å². The summed E-state index contributed by atoms with van der Waals surface area (Å²) >= 11 is 0. The van der Waals surface area contributed by atoms with Crippen LogP contribution in [0, 0.1) is 0 Å². The largest absolute Gasteiger partial charge is 0.573 e. The number of hydrogen-bond donors (Lipinski definition) is 2. The first-order chi connectivity index (χ1) is 15.1. The summed E-state index contributed by atoms with van der Waals surface area (Å²) in [6, 6.07) is 12.9. The second-order valence-electron chi connectivity index (χ2n) is 6.67. The van der Waals surface area contributed by atoms with Crippen LogP contribution >= 0.6 is 0 Å². The fourth-order valence-electron chi connectivity index (χ4n) is 2.84. The number of alkyl halides is 3. The molecule has 0 atom stereocenters. The van der Waals surface area contributed by atoms with Gasteiger partial charge in [0, 0.05) is 30.9 Å². The van der Waals surface area contributed by atoms with Gasteiger partial charge in [-0.05, 0) is 42.5 Å². The number of anilines is 1. The third-order valence-corrected chi connectivity index (χ3v) is 6.21. The molecule has 172 valence electrons. The highest BCUT2D eigenvalue weighted by Crippen LogP contribution is 2.26. The molecular formula is C20H20F3N3O5S. The number of hydrogen-bond acceptors (Lipinski definition) is 6. The number of rotatable bonds is 8. The molecule has 32 heavy (non-hydrogen) atoms. The monoisotopic (exact) mass is 471 g/mol. The van der Waals surface area contributed by atoms with Crippen molar-refractivity contribution in [3.05, 3.63) is 66.4 Å². The molecule has 2 aromatic rings. The molecule has 1 aliphatic heterocycles. The van der Waals surface area contributed by atoms with Crippen molar-refractivity contribution in [2.75, 3.05) is 25.0 Å². The zero-order valence-electron chi connectivity index (χ0n) is 16.6. The van der Waals surface area contributed by atoms with Crippen molar-refractivity contribution in [1.82, 2.24) is 9.79 Å². The summed E-state index contributed by atoms with van der Waals surface area (Å²) in [5.41, 5.74) is 3.88. The van der Waals surface area contributed by atoms with Gasteiger partial charge in [0.25, 0.3) is 5.91 Å². The van der Waals surface area contributed by atoms with Crippen LogP contribution in [0.25, 0.3) is 0 Å². The Kier molecular flexibility index (Phi) is 7.38. The molecule has 0 fully saturated rings. The molecule has 0 radical (unpaired) electrons. The van der Waals surface area contributed by atoms with Gasteiger partial charge >= 0.3 is 6.36 Å². The topological polar surface area (TPSA) is 97.0 Å². The van der Waals surface area contributed by atoms with Gasteiger partial charge in [0.1, 0.15) is 5.75 Å². The van der Waals surface area contributed by atoms with E-state index >= 15 is 0 Å². The Balaban J connectivity index is 1.49. The summed E-state index contributed by atoms with van der Waals surface area (Å²) in [5, 5.41) is 2.66. The van der Waals surface area contributed by atoms with E-state index in [0.29, 0.717) is 17.8 Å². The standard InChI is InChI=1S/C20H20F3N3O5S/c21-20(22,23)31-17-6-8-18(9-7-17)32(28,29)26-12-10-16(11-13-26)25-30-14-19(27)24-15-4-2-1-3-5-15/h1-10,25H,11-14H2,(H,24,27). The van der Waals surface area contributed by atoms with Crippen LogP contribution in [0.2, 0.25) is 0 Å². The van der Waals surface area contributed by atoms with Crippen LogP contribution in [0.3, 0.4) is 0 Å². The fraction of sp³-hybridized carbons (Fsp3) is 0.250. The van der Waals surface area contributed by atoms with E-state index in [1.54, 1.807) is 30.3 Å². The minimum atomic E-state index is -4.86. The molecule has 0 bridgehead atoms. The minimum Gasteiger partial charge on any atom is -0.406 e. The second-order valence-corrected chi connectivity index (χ2v) is 8.60. The first-order valence-corrected chi connectivity index (χ1v) is 10.9. The van der Waals surface area contributed by atoms with Gasteiger partial charge in [0.2, 0.25) is 10.0 Å². The smallest absolute Gasteiger partial charge is 0.406 e. The van der Waals surface area contributed by atoms with Gasteiger partial charge in [0.05, 0.1) is 4.90 Å². The van der Waals surface area contributed by atoms with E-state index in [4.69, 9.17) is 4.84 Å². The average molecular weight is 471 g/mol. The number of carbonyl (C=O) groups excluding carboxylic acids is 1. The van der Waals surface area contributed by atoms with Crippen LogP contribution in [0.5, 0.6) is 5.75 Å². The van der Waals surface area contributed by atoms with Crippen molar-refractivity contribution in [2.24, 2.45) is 0 Å². The fourth-order valence-corrected chi connectivity index (χ4v) is 4.22. The predicted molar refractivity (Wildman–Crippen MR) is 109 cm³/mol. The molecule has 0 spiro atoms. The highest BCUT2D eigenvalue weighted by atomic mass is 32.2. The van der Waals surface area contributed by atoms with Crippen LogP contribution in [-0.4, -0.2) is 44.7 Å². The molecule has 1 amide bonds. The Morgan fingerprint density at radius 1 is 1.06 bits per heavy atom. The lowest BCUT2D eigenvalue weighted by atomic mass is 10.2. The number of benzene rings is 2. The van der Waals surface area contributed by atoms with Crippen LogP contribution in [0.15, 0.2) is 71.3 Å². The summed E-state index contributed by atoms with van der Waals surface area (Å²) in [7, 11) is -3.90. The van der Waals surface area contributed by atoms with Crippen molar-refractivity contribution in [2.45, 2.75) is 17.7 Å². The number of ether oxygens (including phenoxy) is 1. The number of carbonyl (C=O) groups is 1. The lowest BCUT2D eigenvalue weighted by molar-refractivity contribution is -0.274. The van der Waals surface area contributed by atoms with E-state index in [9.17, 15) is 26.4 Å². The first-order valence-electron chi connectivity index (χ1n) is 9.41. The zero-order valence-corrected chi connectivity index (χ0v) is 17.4. The maximum atomic E-state index is 12.7. The van der Waals surface area contributed by atoms with Gasteiger partial charge < -0.3 is 10.1 Å². The van der Waals surface area contributed by atoms with Gasteiger partial charge in [-0.15, -0.1) is 13.2 Å². The van der Waals surface area contributed by atoms with Crippen LogP contribution in [-0.2, 0) is 19.7 Å². The average Bonchev–Trinajstić information content (AvgIpc) is 2.74. The quantitative estimate of drug-likeness (QED) is 0.575. The number of hydroxylamine groups is 1. The molecule has 0 aromatic heterocycles. The predicted octanol–water partition coefficient (Wildman–Crippen LogP) is 3.02. The van der Waals surface area contributed by atoms with E-state index in [-0.39, 0.29) is 30.5 Å². The maximum absolute atomic E-state index is 12.7. The van der Waals surface area contributed by atoms with Gasteiger partial charge in [-0.3, -0.25) is 15.1 Å². The van der Waals surface area contributed by atoms with Gasteiger partial charge in [-0.2, -0.15) is 4.31 Å². The SMILES string of the molecule is O=C(CONC1=CCN(S(=O)(=O)c2ccc(OC(F)(F)F)cc2)CC1)Nc1ccccc1. The van der Waals surface area contributed by atoms with E-state index in [0.717, 1.165) is 24.3 Å². The molecule has 0 unspecified atom stereocenters. The molecule has 1 heterocycles. The highest BCUT2D eigenvalue weighted by Gasteiger charge is 2.31. The molecule has 2 N–H and O–H groups in total. The third kappa shape index (κ3) is 6.70. The lowest BCUT2D eigenvalue weighted by Crippen LogP contribution is -2.37. The molecule has 3 rings (SSSR count). The van der Waals surface area contributed by atoms with Gasteiger partial charge in [-0.25, -0.2) is 8.42 Å². The second kappa shape index (κ2) is 10.0. The summed E-state index contributed by atoms with van der Waals surface area (Å²) in [6.45, 7) is -0.0901. The van der Waals surface area contributed by atoms with Crippen LogP contribution in [0.4, 0.5) is 18.9 Å². The lowest BCUT2D eigenvalue weighted by Gasteiger charge is -2.26. The third-order valence-electron chi connectivity index (χ3n) is 4.33. The van der Waals surface area contributed by atoms with Crippen molar-refractivity contribution in [1.29, 1.82) is 0 Å². The van der Waals surface area contributed by atoms with Gasteiger partial charge in [-0.1, -0.05) is 18.2 Å². The molecule has 12 heteroatoms. The summed E-state index contributed by atoms with van der Waals surface area (Å²) < 4.78 is 67.0. The number of para-hydroxylation sites is 1. The molecule has 1 aliphatic rings. The maximum Gasteiger partial charge on any atom is 0.573 e. The highest BCUT2D eigenvalue weighted by molar-refractivity contribution is 7.89. The molecule has 0 saturated carbocycles. The van der Waals surface area contributed by atoms with Crippen molar-refractivity contribution in [3.8, 4) is 5.75 Å². The van der Waals surface area contributed by atoms with E-state index in [1.807, 2.05) is 6.07 Å². The van der Waals surface area contributed by atoms with E-state index < -0.39 is 22.1 Å². The Morgan fingerprint density at radius 2 is 1.75 bits per heavy atom. The van der Waals surface area contributed by atoms with E-state index in [1.165, 1.54) is 4.31 Å². The minimum absolute atomic E-state index is 0.0328. The summed E-state index contributed by atoms with van der Waals surface area (Å²) in [6.07, 6.45) is -2.96. The summed E-state index contributed by atoms with van der Waals surface area (Å²) in [4.78, 5) is 16.9. The van der Waals surface area contributed by atoms with Crippen LogP contribution in [0.1, 0.15) is 6.42 Å². The van der Waals surface area contributed by atoms with Crippen molar-refractivity contribution in [3.63, 3.8) is 0 Å². The number of nitrogens with one attached hydrogen (secondary N) is 2. The van der Waals surface area contributed by atoms with E-state index in [2.05, 4.69) is 15.5 Å². The summed E-state index contributed by atoms with van der Waals surface area (Å²) in [5.74, 6) is -0.864. The molecule has 0 aliphatic carbocycles. The normalized spacial score (nSPS) is 15.0. The molecule has 0 saturated heterocycles. The van der Waals surface area contributed by atoms with Crippen molar-refractivity contribution >= 4 is 21.6 Å². The Morgan fingerprint density at radius 3 is 2.34 bits per heavy atom. The first kappa shape index (κ1) is 23.6. The Hall–Kier alpha value is -3.09. The Bertz CT molecular complexity index is 1060. The Labute approximate surface area is 182 Å². The number of sulfonamides is 1. The molecule has 2 aromatic carbocycles. The number of halogens is 3. The zero-order chi connectivity index (χ0) is 23.2. The molecule has 8 nitrogen and oxygen atoms in total. The molecular weight excluding hydrogens is 451 g/mol. The number of amides is 1. The van der Waals surface area contributed by atoms with Crippen molar-refractivity contribution < 1.29 is 36.0 Å². The number of nitrogens with zero attached hydrogens (tertiary/aromatic N) is 1. The van der Waals surface area contributed by atoms with Gasteiger partial charge in [0.15, 0.2) is 6.61 Å².